The zero-order valence-electron chi connectivity index (χ0n) is 8.59. The van der Waals surface area contributed by atoms with Crippen molar-refractivity contribution in [3.63, 3.8) is 0 Å². The van der Waals surface area contributed by atoms with Gasteiger partial charge in [0, 0.05) is 12.0 Å². The summed E-state index contributed by atoms with van der Waals surface area (Å²) in [5.41, 5.74) is 0.678. The van der Waals surface area contributed by atoms with Crippen LogP contribution in [0.3, 0.4) is 0 Å². The van der Waals surface area contributed by atoms with E-state index in [1.165, 1.54) is 0 Å². The molecule has 1 aromatic heterocycles. The molecule has 0 aliphatic carbocycles. The van der Waals surface area contributed by atoms with Gasteiger partial charge in [0.05, 0.1) is 5.41 Å². The molecular formula is C11H15NO. The first-order valence-electron chi connectivity index (χ1n) is 4.46. The standard InChI is InChI=1S/C11H15NO/c1-9(2)5-7-11(3,4)10-6-8-13-12-10/h6,8-9H,1-4H3. The highest BCUT2D eigenvalue weighted by atomic mass is 16.5. The summed E-state index contributed by atoms with van der Waals surface area (Å²) in [4.78, 5) is 0. The van der Waals surface area contributed by atoms with Gasteiger partial charge in [0.1, 0.15) is 12.0 Å². The van der Waals surface area contributed by atoms with E-state index in [1.807, 2.05) is 19.9 Å². The molecule has 1 heterocycles. The van der Waals surface area contributed by atoms with Crippen LogP contribution in [-0.4, -0.2) is 5.16 Å². The third-order valence-corrected chi connectivity index (χ3v) is 1.75. The smallest absolute Gasteiger partial charge is 0.124 e. The monoisotopic (exact) mass is 177 g/mol. The summed E-state index contributed by atoms with van der Waals surface area (Å²) in [5, 5.41) is 3.89. The molecular weight excluding hydrogens is 162 g/mol. The molecule has 13 heavy (non-hydrogen) atoms. The fourth-order valence-corrected chi connectivity index (χ4v) is 0.924. The van der Waals surface area contributed by atoms with Crippen LogP contribution in [0.25, 0.3) is 0 Å². The summed E-state index contributed by atoms with van der Waals surface area (Å²) in [7, 11) is 0. The van der Waals surface area contributed by atoms with Crippen molar-refractivity contribution in [3.8, 4) is 11.8 Å². The average molecular weight is 177 g/mol. The predicted molar refractivity (Wildman–Crippen MR) is 52.1 cm³/mol. The lowest BCUT2D eigenvalue weighted by atomic mass is 9.90. The van der Waals surface area contributed by atoms with Crippen molar-refractivity contribution in [2.24, 2.45) is 5.92 Å². The summed E-state index contributed by atoms with van der Waals surface area (Å²) < 4.78 is 4.79. The third kappa shape index (κ3) is 2.62. The Labute approximate surface area is 79.3 Å². The molecule has 0 N–H and O–H groups in total. The van der Waals surface area contributed by atoms with E-state index in [4.69, 9.17) is 4.52 Å². The average Bonchev–Trinajstić information content (AvgIpc) is 2.53. The van der Waals surface area contributed by atoms with E-state index < -0.39 is 0 Å². The highest BCUT2D eigenvalue weighted by Gasteiger charge is 2.20. The third-order valence-electron chi connectivity index (χ3n) is 1.75. The minimum atomic E-state index is -0.211. The second-order valence-corrected chi connectivity index (χ2v) is 3.93. The van der Waals surface area contributed by atoms with E-state index in [1.54, 1.807) is 6.26 Å². The van der Waals surface area contributed by atoms with Gasteiger partial charge in [-0.2, -0.15) is 0 Å². The molecule has 0 spiro atoms. The molecule has 0 radical (unpaired) electrons. The molecule has 0 amide bonds. The van der Waals surface area contributed by atoms with Crippen molar-refractivity contribution >= 4 is 0 Å². The van der Waals surface area contributed by atoms with E-state index in [-0.39, 0.29) is 5.41 Å². The van der Waals surface area contributed by atoms with Crippen molar-refractivity contribution in [3.05, 3.63) is 18.0 Å². The number of hydrogen-bond donors (Lipinski definition) is 0. The Morgan fingerprint density at radius 2 is 2.15 bits per heavy atom. The van der Waals surface area contributed by atoms with E-state index in [0.29, 0.717) is 5.92 Å². The van der Waals surface area contributed by atoms with Crippen molar-refractivity contribution in [2.45, 2.75) is 33.1 Å². The minimum absolute atomic E-state index is 0.211. The van der Waals surface area contributed by atoms with Crippen molar-refractivity contribution in [2.75, 3.05) is 0 Å². The first kappa shape index (κ1) is 9.85. The maximum absolute atomic E-state index is 4.79. The normalized spacial score (nSPS) is 11.2. The topological polar surface area (TPSA) is 26.0 Å². The first-order valence-corrected chi connectivity index (χ1v) is 4.46. The second-order valence-electron chi connectivity index (χ2n) is 3.93. The van der Waals surface area contributed by atoms with Crippen LogP contribution in [0.1, 0.15) is 33.4 Å². The minimum Gasteiger partial charge on any atom is -0.364 e. The van der Waals surface area contributed by atoms with E-state index in [0.717, 1.165) is 5.69 Å². The van der Waals surface area contributed by atoms with E-state index >= 15 is 0 Å². The zero-order chi connectivity index (χ0) is 9.90. The van der Waals surface area contributed by atoms with Gasteiger partial charge in [0.15, 0.2) is 0 Å². The quantitative estimate of drug-likeness (QED) is 0.616. The maximum atomic E-state index is 4.79. The highest BCUT2D eigenvalue weighted by Crippen LogP contribution is 2.19. The Hall–Kier alpha value is -1.23. The fraction of sp³-hybridized carbons (Fsp3) is 0.545. The van der Waals surface area contributed by atoms with Gasteiger partial charge in [-0.05, 0) is 13.8 Å². The summed E-state index contributed by atoms with van der Waals surface area (Å²) in [6.45, 7) is 8.23. The van der Waals surface area contributed by atoms with Crippen molar-refractivity contribution in [1.82, 2.24) is 5.16 Å². The molecule has 0 saturated carbocycles. The molecule has 0 bridgehead atoms. The molecule has 2 heteroatoms. The Kier molecular flexibility index (Phi) is 2.77. The largest absolute Gasteiger partial charge is 0.364 e. The predicted octanol–water partition coefficient (Wildman–Crippen LogP) is 2.61. The van der Waals surface area contributed by atoms with Crippen LogP contribution in [0.15, 0.2) is 16.9 Å². The molecule has 0 unspecified atom stereocenters. The molecule has 2 nitrogen and oxygen atoms in total. The lowest BCUT2D eigenvalue weighted by molar-refractivity contribution is 0.401. The number of aromatic nitrogens is 1. The van der Waals surface area contributed by atoms with Crippen molar-refractivity contribution < 1.29 is 4.52 Å². The number of hydrogen-bond acceptors (Lipinski definition) is 2. The Morgan fingerprint density at radius 1 is 1.46 bits per heavy atom. The van der Waals surface area contributed by atoms with Crippen LogP contribution < -0.4 is 0 Å². The van der Waals surface area contributed by atoms with E-state index in [2.05, 4.69) is 30.8 Å². The molecule has 0 atom stereocenters. The van der Waals surface area contributed by atoms with Gasteiger partial charge in [-0.3, -0.25) is 0 Å². The SMILES string of the molecule is CC(C)C#CC(C)(C)c1ccon1. The lowest BCUT2D eigenvalue weighted by Gasteiger charge is -2.12. The molecule has 0 fully saturated rings. The fourth-order valence-electron chi connectivity index (χ4n) is 0.924. The van der Waals surface area contributed by atoms with Gasteiger partial charge >= 0.3 is 0 Å². The number of nitrogens with zero attached hydrogens (tertiary/aromatic N) is 1. The molecule has 70 valence electrons. The highest BCUT2D eigenvalue weighted by molar-refractivity contribution is 5.26. The van der Waals surface area contributed by atoms with Gasteiger partial charge in [0.2, 0.25) is 0 Å². The second kappa shape index (κ2) is 3.66. The summed E-state index contributed by atoms with van der Waals surface area (Å²) in [6, 6.07) is 1.86. The Balaban J connectivity index is 2.86. The summed E-state index contributed by atoms with van der Waals surface area (Å²) >= 11 is 0. The van der Waals surface area contributed by atoms with Crippen molar-refractivity contribution in [1.29, 1.82) is 0 Å². The summed E-state index contributed by atoms with van der Waals surface area (Å²) in [5.74, 6) is 6.73. The molecule has 0 aromatic carbocycles. The van der Waals surface area contributed by atoms with Gasteiger partial charge < -0.3 is 4.52 Å². The van der Waals surface area contributed by atoms with Gasteiger partial charge in [-0.1, -0.05) is 30.8 Å². The van der Waals surface area contributed by atoms with Crippen LogP contribution in [0.2, 0.25) is 0 Å². The van der Waals surface area contributed by atoms with Gasteiger partial charge in [-0.15, -0.1) is 0 Å². The molecule has 0 aliphatic rings. The van der Waals surface area contributed by atoms with Crippen LogP contribution in [-0.2, 0) is 5.41 Å². The number of rotatable bonds is 1. The van der Waals surface area contributed by atoms with E-state index in [9.17, 15) is 0 Å². The van der Waals surface area contributed by atoms with Gasteiger partial charge in [-0.25, -0.2) is 0 Å². The van der Waals surface area contributed by atoms with Crippen LogP contribution in [0.4, 0.5) is 0 Å². The maximum Gasteiger partial charge on any atom is 0.124 e. The van der Waals surface area contributed by atoms with Crippen LogP contribution in [0, 0.1) is 17.8 Å². The zero-order valence-corrected chi connectivity index (χ0v) is 8.59. The van der Waals surface area contributed by atoms with Crippen LogP contribution >= 0.6 is 0 Å². The molecule has 0 aliphatic heterocycles. The molecule has 1 rings (SSSR count). The Morgan fingerprint density at radius 3 is 2.62 bits per heavy atom. The molecule has 1 aromatic rings. The van der Waals surface area contributed by atoms with Gasteiger partial charge in [0.25, 0.3) is 0 Å². The lowest BCUT2D eigenvalue weighted by Crippen LogP contribution is -2.14. The molecule has 0 saturated heterocycles. The first-order chi connectivity index (χ1) is 6.02. The summed E-state index contributed by atoms with van der Waals surface area (Å²) in [6.07, 6.45) is 1.58. The Bertz CT molecular complexity index is 312. The van der Waals surface area contributed by atoms with Crippen LogP contribution in [0.5, 0.6) is 0 Å².